The van der Waals surface area contributed by atoms with Crippen molar-refractivity contribution in [2.24, 2.45) is 0 Å². The lowest BCUT2D eigenvalue weighted by atomic mass is 10.1. The van der Waals surface area contributed by atoms with Crippen LogP contribution in [0.15, 0.2) is 65.7 Å². The van der Waals surface area contributed by atoms with Crippen molar-refractivity contribution in [3.05, 3.63) is 77.2 Å². The van der Waals surface area contributed by atoms with Crippen molar-refractivity contribution in [2.75, 3.05) is 5.32 Å². The molecule has 3 rings (SSSR count). The van der Waals surface area contributed by atoms with Gasteiger partial charge in [-0.3, -0.25) is 4.79 Å². The summed E-state index contributed by atoms with van der Waals surface area (Å²) in [5.41, 5.74) is -0.199. The predicted molar refractivity (Wildman–Crippen MR) is 97.3 cm³/mol. The zero-order valence-electron chi connectivity index (χ0n) is 14.1. The first-order valence-corrected chi connectivity index (χ1v) is 8.16. The zero-order chi connectivity index (χ0) is 19.4. The van der Waals surface area contributed by atoms with Crippen LogP contribution in [0.2, 0.25) is 0 Å². The molecule has 2 aromatic rings. The van der Waals surface area contributed by atoms with E-state index in [4.69, 9.17) is 11.3 Å². The smallest absolute Gasteiger partial charge is 0.335 e. The Morgan fingerprint density at radius 1 is 1.04 bits per heavy atom. The summed E-state index contributed by atoms with van der Waals surface area (Å²) in [6.45, 7) is 7.15. The molecule has 0 spiro atoms. The van der Waals surface area contributed by atoms with Crippen LogP contribution in [0.1, 0.15) is 6.42 Å². The molecule has 2 unspecified atom stereocenters. The number of carboxylic acids is 1. The molecule has 7 heteroatoms. The Hall–Kier alpha value is -3.63. The average molecular weight is 364 g/mol. The van der Waals surface area contributed by atoms with Crippen molar-refractivity contribution in [3.63, 3.8) is 0 Å². The van der Waals surface area contributed by atoms with Gasteiger partial charge in [-0.15, -0.1) is 0 Å². The summed E-state index contributed by atoms with van der Waals surface area (Å²) in [4.78, 5) is 27.1. The van der Waals surface area contributed by atoms with Crippen molar-refractivity contribution in [1.29, 1.82) is 0 Å². The maximum Gasteiger partial charge on any atom is 0.335 e. The molecule has 0 aromatic heterocycles. The lowest BCUT2D eigenvalue weighted by Crippen LogP contribution is -2.22. The molecule has 0 saturated carbocycles. The van der Waals surface area contributed by atoms with Crippen molar-refractivity contribution >= 4 is 17.6 Å². The summed E-state index contributed by atoms with van der Waals surface area (Å²) in [5.74, 6) is -0.863. The summed E-state index contributed by atoms with van der Waals surface area (Å²) in [6.07, 6.45) is -1.43. The number of hydrogen-bond acceptors (Lipinski definition) is 4. The first-order valence-electron chi connectivity index (χ1n) is 8.16. The third-order valence-corrected chi connectivity index (χ3v) is 4.13. The van der Waals surface area contributed by atoms with E-state index in [0.717, 1.165) is 0 Å². The van der Waals surface area contributed by atoms with Gasteiger partial charge in [0.15, 0.2) is 0 Å². The zero-order valence-corrected chi connectivity index (χ0v) is 14.1. The van der Waals surface area contributed by atoms with E-state index < -0.39 is 29.6 Å². The van der Waals surface area contributed by atoms with Crippen molar-refractivity contribution < 1.29 is 24.5 Å². The van der Waals surface area contributed by atoms with E-state index in [1.165, 1.54) is 0 Å². The quantitative estimate of drug-likeness (QED) is 0.709. The van der Waals surface area contributed by atoms with Crippen LogP contribution in [0, 0.1) is 6.57 Å². The Morgan fingerprint density at radius 3 is 2.26 bits per heavy atom. The van der Waals surface area contributed by atoms with Gasteiger partial charge >= 0.3 is 5.97 Å². The Morgan fingerprint density at radius 2 is 1.67 bits per heavy atom. The Bertz CT molecular complexity index is 929. The van der Waals surface area contributed by atoms with E-state index in [0.29, 0.717) is 17.2 Å². The van der Waals surface area contributed by atoms with Crippen LogP contribution in [-0.2, 0) is 9.59 Å². The van der Waals surface area contributed by atoms with Crippen LogP contribution in [0.3, 0.4) is 0 Å². The molecule has 7 nitrogen and oxygen atoms in total. The largest absolute Gasteiger partial charge is 0.478 e. The lowest BCUT2D eigenvalue weighted by Gasteiger charge is -2.09. The van der Waals surface area contributed by atoms with Gasteiger partial charge in [0.2, 0.25) is 0 Å². The molecule has 0 heterocycles. The molecule has 0 fully saturated rings. The van der Waals surface area contributed by atoms with Crippen LogP contribution in [-0.4, -0.2) is 34.2 Å². The molecular weight excluding hydrogens is 348 g/mol. The van der Waals surface area contributed by atoms with Crippen molar-refractivity contribution in [3.8, 4) is 11.5 Å². The fraction of sp³-hybridized carbons (Fsp3) is 0.150. The molecule has 2 atom stereocenters. The summed E-state index contributed by atoms with van der Waals surface area (Å²) < 4.78 is 5.66. The second kappa shape index (κ2) is 7.72. The number of para-hydroxylation sites is 1. The highest BCUT2D eigenvalue weighted by Gasteiger charge is 2.43. The third kappa shape index (κ3) is 3.97. The molecular formula is C20H16N2O5. The topological polar surface area (TPSA) is 100 Å². The van der Waals surface area contributed by atoms with Gasteiger partial charge in [-0.2, -0.15) is 0 Å². The average Bonchev–Trinajstić information content (AvgIpc) is 3.01. The van der Waals surface area contributed by atoms with Gasteiger partial charge < -0.3 is 25.1 Å². The number of carbonyl (C=O) groups excluding carboxylic acids is 1. The van der Waals surface area contributed by atoms with Gasteiger partial charge in [0.1, 0.15) is 17.1 Å². The first kappa shape index (κ1) is 18.2. The summed E-state index contributed by atoms with van der Waals surface area (Å²) in [7, 11) is 0. The highest BCUT2D eigenvalue weighted by molar-refractivity contribution is 6.11. The molecule has 0 saturated heterocycles. The Labute approximate surface area is 155 Å². The number of aliphatic carboxylic acids is 1. The van der Waals surface area contributed by atoms with E-state index >= 15 is 0 Å². The minimum atomic E-state index is -1.40. The van der Waals surface area contributed by atoms with Gasteiger partial charge in [-0.05, 0) is 36.4 Å². The fourth-order valence-corrected chi connectivity index (χ4v) is 2.88. The van der Waals surface area contributed by atoms with Gasteiger partial charge in [0.25, 0.3) is 11.9 Å². The standard InChI is InChI=1S/C20H16N2O5/c1-21-15-11-16(23)18(20(25)26)17(15)19(24)22-12-7-9-14(10-8-12)27-13-5-3-2-4-6-13/h2-10,15-16,23H,11H2,(H,22,24)(H,25,26). The molecule has 1 aliphatic rings. The van der Waals surface area contributed by atoms with Gasteiger partial charge in [0, 0.05) is 5.69 Å². The first-order chi connectivity index (χ1) is 13.0. The van der Waals surface area contributed by atoms with Crippen molar-refractivity contribution in [2.45, 2.75) is 18.6 Å². The number of aliphatic hydroxyl groups is 1. The van der Waals surface area contributed by atoms with Crippen LogP contribution < -0.4 is 10.1 Å². The van der Waals surface area contributed by atoms with Gasteiger partial charge in [-0.25, -0.2) is 11.4 Å². The van der Waals surface area contributed by atoms with Crippen molar-refractivity contribution in [1.82, 2.24) is 0 Å². The number of benzene rings is 2. The maximum atomic E-state index is 12.5. The van der Waals surface area contributed by atoms with Crippen LogP contribution in [0.4, 0.5) is 5.69 Å². The maximum absolute atomic E-state index is 12.5. The normalized spacial score (nSPS) is 18.7. The van der Waals surface area contributed by atoms with Crippen LogP contribution in [0.25, 0.3) is 4.85 Å². The number of amides is 1. The molecule has 3 N–H and O–H groups in total. The molecule has 1 amide bonds. The number of nitrogens with zero attached hydrogens (tertiary/aromatic N) is 1. The molecule has 1 aliphatic carbocycles. The number of nitrogens with one attached hydrogen (secondary N) is 1. The van der Waals surface area contributed by atoms with E-state index in [-0.39, 0.29) is 12.0 Å². The monoisotopic (exact) mass is 364 g/mol. The molecule has 0 radical (unpaired) electrons. The number of carbonyl (C=O) groups is 2. The van der Waals surface area contributed by atoms with Crippen LogP contribution >= 0.6 is 0 Å². The number of hydrogen-bond donors (Lipinski definition) is 3. The summed E-state index contributed by atoms with van der Waals surface area (Å²) >= 11 is 0. The van der Waals surface area contributed by atoms with E-state index in [2.05, 4.69) is 10.2 Å². The predicted octanol–water partition coefficient (Wildman–Crippen LogP) is 2.85. The fourth-order valence-electron chi connectivity index (χ4n) is 2.88. The highest BCUT2D eigenvalue weighted by Crippen LogP contribution is 2.31. The molecule has 0 bridgehead atoms. The van der Waals surface area contributed by atoms with E-state index in [1.54, 1.807) is 24.3 Å². The van der Waals surface area contributed by atoms with Gasteiger partial charge in [0.05, 0.1) is 18.1 Å². The van der Waals surface area contributed by atoms with E-state index in [9.17, 15) is 19.8 Å². The minimum Gasteiger partial charge on any atom is -0.478 e. The summed E-state index contributed by atoms with van der Waals surface area (Å²) in [6, 6.07) is 14.7. The van der Waals surface area contributed by atoms with Gasteiger partial charge in [-0.1, -0.05) is 18.2 Å². The van der Waals surface area contributed by atoms with E-state index in [1.807, 2.05) is 30.3 Å². The molecule has 27 heavy (non-hydrogen) atoms. The molecule has 136 valence electrons. The minimum absolute atomic E-state index is 0.0995. The SMILES string of the molecule is [C-]#[N+]C1CC(O)C(C(=O)O)=C1C(=O)Nc1ccc(Oc2ccccc2)cc1. The Balaban J connectivity index is 1.76. The lowest BCUT2D eigenvalue weighted by molar-refractivity contribution is -0.134. The Kier molecular flexibility index (Phi) is 5.20. The molecule has 0 aliphatic heterocycles. The second-order valence-corrected chi connectivity index (χ2v) is 5.92. The number of carboxylic acid groups (broad SMARTS) is 1. The second-order valence-electron chi connectivity index (χ2n) is 5.92. The summed E-state index contributed by atoms with van der Waals surface area (Å²) in [5, 5.41) is 21.7. The number of aliphatic hydroxyl groups excluding tert-OH is 1. The highest BCUT2D eigenvalue weighted by atomic mass is 16.5. The number of anilines is 1. The third-order valence-electron chi connectivity index (χ3n) is 4.13. The van der Waals surface area contributed by atoms with Crippen LogP contribution in [0.5, 0.6) is 11.5 Å². The molecule has 2 aromatic carbocycles. The number of ether oxygens (including phenoxy) is 1. The number of rotatable bonds is 5.